The summed E-state index contributed by atoms with van der Waals surface area (Å²) in [6.45, 7) is 2.31. The SMILES string of the molecule is CCCCCCCC12CCC(CCc3ccccc3N=C=S)(CC1)CC2. The molecule has 1 nitrogen and oxygen atoms in total. The van der Waals surface area contributed by atoms with Gasteiger partial charge in [0.25, 0.3) is 0 Å². The smallest absolute Gasteiger partial charge is 0.0771 e. The van der Waals surface area contributed by atoms with Crippen molar-refractivity contribution in [3.05, 3.63) is 29.8 Å². The number of thiocarbonyl (C=S) groups is 1. The lowest BCUT2D eigenvalue weighted by Crippen LogP contribution is -2.41. The predicted molar refractivity (Wildman–Crippen MR) is 115 cm³/mol. The molecule has 3 aliphatic carbocycles. The van der Waals surface area contributed by atoms with Crippen LogP contribution in [0.4, 0.5) is 5.69 Å². The zero-order valence-electron chi connectivity index (χ0n) is 16.6. The zero-order valence-corrected chi connectivity index (χ0v) is 17.4. The second-order valence-electron chi connectivity index (χ2n) is 9.00. The third-order valence-corrected chi connectivity index (χ3v) is 7.54. The fourth-order valence-electron chi connectivity index (χ4n) is 5.47. The number of unbranched alkanes of at least 4 members (excludes halogenated alkanes) is 4. The van der Waals surface area contributed by atoms with Crippen LogP contribution >= 0.6 is 12.2 Å². The normalized spacial score (nSPS) is 27.3. The standard InChI is InChI=1S/C24H35NS/c1-2-3-4-5-8-12-23-14-17-24(18-15-23,19-16-23)13-11-21-9-6-7-10-22(21)25-20-26/h6-7,9-10H,2-5,8,11-19H2,1H3. The highest BCUT2D eigenvalue weighted by atomic mass is 32.1. The van der Waals surface area contributed by atoms with Crippen LogP contribution in [0.25, 0.3) is 0 Å². The molecule has 142 valence electrons. The molecule has 1 aromatic carbocycles. The molecule has 0 aromatic heterocycles. The number of hydrogen-bond donors (Lipinski definition) is 0. The van der Waals surface area contributed by atoms with Gasteiger partial charge in [-0.25, -0.2) is 0 Å². The van der Waals surface area contributed by atoms with E-state index in [1.54, 1.807) is 0 Å². The molecule has 2 heteroatoms. The zero-order chi connectivity index (χ0) is 18.3. The Bertz CT molecular complexity index is 604. The summed E-state index contributed by atoms with van der Waals surface area (Å²) in [5.41, 5.74) is 3.69. The van der Waals surface area contributed by atoms with Crippen LogP contribution in [0, 0.1) is 10.8 Å². The maximum absolute atomic E-state index is 4.81. The molecule has 3 saturated carbocycles. The van der Waals surface area contributed by atoms with E-state index >= 15 is 0 Å². The topological polar surface area (TPSA) is 12.4 Å². The summed E-state index contributed by atoms with van der Waals surface area (Å²) in [6.07, 6.45) is 19.9. The van der Waals surface area contributed by atoms with Gasteiger partial charge in [-0.3, -0.25) is 0 Å². The maximum Gasteiger partial charge on any atom is 0.0771 e. The first-order valence-electron chi connectivity index (χ1n) is 10.9. The largest absolute Gasteiger partial charge is 0.194 e. The Hall–Kier alpha value is -0.980. The molecule has 0 saturated heterocycles. The van der Waals surface area contributed by atoms with E-state index < -0.39 is 0 Å². The minimum Gasteiger partial charge on any atom is -0.194 e. The fourth-order valence-corrected chi connectivity index (χ4v) is 5.57. The van der Waals surface area contributed by atoms with Crippen LogP contribution in [0.3, 0.4) is 0 Å². The highest BCUT2D eigenvalue weighted by Gasteiger charge is 2.47. The lowest BCUT2D eigenvalue weighted by atomic mass is 9.51. The first-order valence-corrected chi connectivity index (χ1v) is 11.3. The number of para-hydroxylation sites is 1. The number of hydrogen-bond acceptors (Lipinski definition) is 2. The predicted octanol–water partition coefficient (Wildman–Crippen LogP) is 8.05. The van der Waals surface area contributed by atoms with Gasteiger partial charge in [0, 0.05) is 0 Å². The molecule has 3 aliphatic rings. The molecule has 0 unspecified atom stereocenters. The minimum absolute atomic E-state index is 0.610. The third-order valence-electron chi connectivity index (χ3n) is 7.45. The van der Waals surface area contributed by atoms with E-state index in [1.165, 1.54) is 89.0 Å². The van der Waals surface area contributed by atoms with Gasteiger partial charge < -0.3 is 0 Å². The maximum atomic E-state index is 4.81. The van der Waals surface area contributed by atoms with Crippen molar-refractivity contribution in [1.82, 2.24) is 0 Å². The Labute approximate surface area is 165 Å². The number of rotatable bonds is 10. The van der Waals surface area contributed by atoms with Crippen molar-refractivity contribution in [2.24, 2.45) is 15.8 Å². The Balaban J connectivity index is 1.50. The van der Waals surface area contributed by atoms with Crippen molar-refractivity contribution in [2.45, 2.75) is 96.8 Å². The second-order valence-corrected chi connectivity index (χ2v) is 9.18. The van der Waals surface area contributed by atoms with Gasteiger partial charge in [0.1, 0.15) is 0 Å². The molecular formula is C24H35NS. The number of aliphatic imine (C=N–C) groups is 1. The molecule has 0 N–H and O–H groups in total. The summed E-state index contributed by atoms with van der Waals surface area (Å²) < 4.78 is 0. The molecule has 1 aromatic rings. The van der Waals surface area contributed by atoms with Gasteiger partial charge in [0.2, 0.25) is 0 Å². The van der Waals surface area contributed by atoms with E-state index in [1.807, 2.05) is 6.07 Å². The molecule has 0 atom stereocenters. The van der Waals surface area contributed by atoms with E-state index in [4.69, 9.17) is 12.2 Å². The molecular weight excluding hydrogens is 334 g/mol. The number of isothiocyanates is 1. The average Bonchev–Trinajstić information content (AvgIpc) is 2.69. The second kappa shape index (κ2) is 9.29. The molecule has 4 rings (SSSR count). The monoisotopic (exact) mass is 369 g/mol. The van der Waals surface area contributed by atoms with Gasteiger partial charge in [-0.1, -0.05) is 57.2 Å². The van der Waals surface area contributed by atoms with Crippen LogP contribution in [0.2, 0.25) is 0 Å². The lowest BCUT2D eigenvalue weighted by Gasteiger charge is -2.54. The van der Waals surface area contributed by atoms with Crippen molar-refractivity contribution in [3.8, 4) is 0 Å². The van der Waals surface area contributed by atoms with E-state index in [2.05, 4.69) is 35.3 Å². The average molecular weight is 370 g/mol. The number of nitrogens with zero attached hydrogens (tertiary/aromatic N) is 1. The Morgan fingerprint density at radius 3 is 2.15 bits per heavy atom. The van der Waals surface area contributed by atoms with Gasteiger partial charge in [0.15, 0.2) is 0 Å². The summed E-state index contributed by atoms with van der Waals surface area (Å²) in [5, 5.41) is 2.54. The van der Waals surface area contributed by atoms with Crippen molar-refractivity contribution in [2.75, 3.05) is 0 Å². The summed E-state index contributed by atoms with van der Waals surface area (Å²) in [4.78, 5) is 4.26. The van der Waals surface area contributed by atoms with Gasteiger partial charge in [-0.05, 0) is 92.5 Å². The van der Waals surface area contributed by atoms with Crippen LogP contribution in [0.15, 0.2) is 29.3 Å². The Morgan fingerprint density at radius 1 is 0.885 bits per heavy atom. The molecule has 0 spiro atoms. The molecule has 0 aliphatic heterocycles. The van der Waals surface area contributed by atoms with Crippen LogP contribution in [0.5, 0.6) is 0 Å². The van der Waals surface area contributed by atoms with E-state index in [0.717, 1.165) is 12.1 Å². The molecule has 26 heavy (non-hydrogen) atoms. The molecule has 0 radical (unpaired) electrons. The number of fused-ring (bicyclic) bond motifs is 3. The first kappa shape index (κ1) is 19.8. The minimum atomic E-state index is 0.610. The summed E-state index contributed by atoms with van der Waals surface area (Å²) >= 11 is 4.81. The molecule has 0 amide bonds. The first-order chi connectivity index (χ1) is 12.7. The fraction of sp³-hybridized carbons (Fsp3) is 0.708. The van der Waals surface area contributed by atoms with Gasteiger partial charge in [-0.15, -0.1) is 0 Å². The van der Waals surface area contributed by atoms with Crippen LogP contribution in [0.1, 0.15) is 96.0 Å². The van der Waals surface area contributed by atoms with Gasteiger partial charge >= 0.3 is 0 Å². The molecule has 0 heterocycles. The Morgan fingerprint density at radius 2 is 1.50 bits per heavy atom. The molecule has 2 bridgehead atoms. The van der Waals surface area contributed by atoms with Gasteiger partial charge in [-0.2, -0.15) is 4.99 Å². The van der Waals surface area contributed by atoms with Crippen molar-refractivity contribution < 1.29 is 0 Å². The number of aryl methyl sites for hydroxylation is 1. The van der Waals surface area contributed by atoms with E-state index in [9.17, 15) is 0 Å². The van der Waals surface area contributed by atoms with Crippen molar-refractivity contribution in [1.29, 1.82) is 0 Å². The summed E-state index contributed by atoms with van der Waals surface area (Å²) in [6, 6.07) is 8.45. The van der Waals surface area contributed by atoms with Gasteiger partial charge in [0.05, 0.1) is 10.8 Å². The summed E-state index contributed by atoms with van der Waals surface area (Å²) in [7, 11) is 0. The van der Waals surface area contributed by atoms with E-state index in [0.29, 0.717) is 10.8 Å². The lowest BCUT2D eigenvalue weighted by molar-refractivity contribution is -0.0205. The van der Waals surface area contributed by atoms with E-state index in [-0.39, 0.29) is 0 Å². The van der Waals surface area contributed by atoms with Crippen LogP contribution < -0.4 is 0 Å². The van der Waals surface area contributed by atoms with Crippen molar-refractivity contribution in [3.63, 3.8) is 0 Å². The number of benzene rings is 1. The third kappa shape index (κ3) is 4.84. The highest BCUT2D eigenvalue weighted by Crippen LogP contribution is 2.60. The van der Waals surface area contributed by atoms with Crippen LogP contribution in [-0.4, -0.2) is 5.16 Å². The quantitative estimate of drug-likeness (QED) is 0.231. The molecule has 3 fully saturated rings. The Kier molecular flexibility index (Phi) is 7.06. The highest BCUT2D eigenvalue weighted by molar-refractivity contribution is 7.78. The van der Waals surface area contributed by atoms with Crippen molar-refractivity contribution >= 4 is 23.1 Å². The van der Waals surface area contributed by atoms with Crippen LogP contribution in [-0.2, 0) is 6.42 Å². The summed E-state index contributed by atoms with van der Waals surface area (Å²) in [5.74, 6) is 0.